The lowest BCUT2D eigenvalue weighted by Gasteiger charge is -2.29. The minimum Gasteiger partial charge on any atom is -0.493 e. The van der Waals surface area contributed by atoms with Crippen LogP contribution < -0.4 is 24.4 Å². The summed E-state index contributed by atoms with van der Waals surface area (Å²) in [6.45, 7) is 5.04. The lowest BCUT2D eigenvalue weighted by atomic mass is 10.0. The van der Waals surface area contributed by atoms with E-state index in [9.17, 15) is 27.2 Å². The Balaban J connectivity index is 1.66. The molecular formula is C31H40FN7O7S. The first-order chi connectivity index (χ1) is 22.3. The number of halogens is 1. The molecule has 14 nitrogen and oxygen atoms in total. The van der Waals surface area contributed by atoms with Crippen LogP contribution in [0, 0.1) is 18.7 Å². The van der Waals surface area contributed by atoms with Gasteiger partial charge in [-0.05, 0) is 55.7 Å². The fourth-order valence-corrected chi connectivity index (χ4v) is 5.92. The van der Waals surface area contributed by atoms with Crippen molar-refractivity contribution in [1.82, 2.24) is 30.3 Å². The minimum absolute atomic E-state index is 0.00585. The molecule has 0 saturated carbocycles. The van der Waals surface area contributed by atoms with Gasteiger partial charge in [-0.25, -0.2) is 22.5 Å². The number of aryl methyl sites for hydroxylation is 1. The Labute approximate surface area is 273 Å². The Bertz CT molecular complexity index is 1710. The van der Waals surface area contributed by atoms with E-state index in [0.717, 1.165) is 22.7 Å². The molecule has 0 saturated heterocycles. The van der Waals surface area contributed by atoms with Gasteiger partial charge in [-0.1, -0.05) is 19.9 Å². The first-order valence-corrected chi connectivity index (χ1v) is 16.9. The second kappa shape index (κ2) is 15.2. The average molecular weight is 674 g/mol. The summed E-state index contributed by atoms with van der Waals surface area (Å²) < 4.78 is 53.2. The van der Waals surface area contributed by atoms with E-state index in [1.54, 1.807) is 29.8 Å². The van der Waals surface area contributed by atoms with Gasteiger partial charge in [-0.3, -0.25) is 18.7 Å². The van der Waals surface area contributed by atoms with Crippen LogP contribution in [0.1, 0.15) is 48.3 Å². The summed E-state index contributed by atoms with van der Waals surface area (Å²) in [5, 5.41) is 10.2. The molecule has 0 radical (unpaired) electrons. The number of ether oxygens (including phenoxy) is 2. The fraction of sp³-hybridized carbons (Fsp3) is 0.452. The lowest BCUT2D eigenvalue weighted by Crippen LogP contribution is -2.48. The van der Waals surface area contributed by atoms with E-state index in [0.29, 0.717) is 28.7 Å². The summed E-state index contributed by atoms with van der Waals surface area (Å²) in [6.07, 6.45) is 1.15. The minimum atomic E-state index is -4.01. The number of methoxy groups -OCH3 is 1. The molecular weight excluding hydrogens is 633 g/mol. The summed E-state index contributed by atoms with van der Waals surface area (Å²) in [4.78, 5) is 45.9. The average Bonchev–Trinajstić information content (AvgIpc) is 3.38. The summed E-state index contributed by atoms with van der Waals surface area (Å²) >= 11 is 0. The van der Waals surface area contributed by atoms with Crippen molar-refractivity contribution < 1.29 is 36.7 Å². The van der Waals surface area contributed by atoms with Crippen LogP contribution in [0.25, 0.3) is 0 Å². The van der Waals surface area contributed by atoms with Gasteiger partial charge in [0.05, 0.1) is 38.2 Å². The molecule has 16 heteroatoms. The molecule has 0 aliphatic carbocycles. The number of hydrogen-bond acceptors (Lipinski definition) is 9. The zero-order chi connectivity index (χ0) is 34.3. The Hall–Kier alpha value is -4.73. The maximum absolute atomic E-state index is 14.0. The van der Waals surface area contributed by atoms with Crippen LogP contribution in [0.3, 0.4) is 0 Å². The van der Waals surface area contributed by atoms with Crippen molar-refractivity contribution in [1.29, 1.82) is 0 Å². The van der Waals surface area contributed by atoms with Crippen LogP contribution in [0.2, 0.25) is 0 Å². The quantitative estimate of drug-likeness (QED) is 0.399. The number of amides is 3. The van der Waals surface area contributed by atoms with E-state index in [-0.39, 0.29) is 44.3 Å². The zero-order valence-electron chi connectivity index (χ0n) is 27.0. The molecule has 1 aromatic heterocycles. The van der Waals surface area contributed by atoms with Gasteiger partial charge in [-0.15, -0.1) is 0 Å². The highest BCUT2D eigenvalue weighted by Gasteiger charge is 2.29. The Morgan fingerprint density at radius 3 is 2.64 bits per heavy atom. The summed E-state index contributed by atoms with van der Waals surface area (Å²) in [5.74, 6) is -0.619. The van der Waals surface area contributed by atoms with Crippen LogP contribution in [0.4, 0.5) is 10.1 Å². The fourth-order valence-electron chi connectivity index (χ4n) is 5.08. The highest BCUT2D eigenvalue weighted by molar-refractivity contribution is 7.92. The molecule has 2 aromatic carbocycles. The third-order valence-corrected chi connectivity index (χ3v) is 8.55. The van der Waals surface area contributed by atoms with Gasteiger partial charge in [0, 0.05) is 18.7 Å². The molecule has 1 aliphatic rings. The highest BCUT2D eigenvalue weighted by Crippen LogP contribution is 2.28. The number of anilines is 1. The summed E-state index contributed by atoms with van der Waals surface area (Å²) in [5.41, 5.74) is 0.293. The highest BCUT2D eigenvalue weighted by atomic mass is 32.2. The molecule has 1 aliphatic heterocycles. The van der Waals surface area contributed by atoms with Crippen LogP contribution in [0.15, 0.2) is 42.5 Å². The lowest BCUT2D eigenvalue weighted by molar-refractivity contribution is -0.135. The molecule has 3 amide bonds. The van der Waals surface area contributed by atoms with Crippen LogP contribution in [0.5, 0.6) is 11.5 Å². The predicted octanol–water partition coefficient (Wildman–Crippen LogP) is 2.05. The standard InChI is InChI=1S/C31H40FN7O7S/c1-20(2)29-30-34-21(3)36-38(30)14-15-46-26-16-22(10-11-25(26)45-4)31(42)33-12-7-13-37(18-27(40)35-29)28(41)19-39(47(5,43)44)24-9-6-8-23(32)17-24/h6,8-11,16-17,20,29H,7,12-15,18-19H2,1-5H3,(H,33,42)(H,35,40)/t29-/m0/s1. The van der Waals surface area contributed by atoms with E-state index in [2.05, 4.69) is 20.7 Å². The molecule has 4 rings (SSSR count). The zero-order valence-corrected chi connectivity index (χ0v) is 27.8. The molecule has 2 bridgehead atoms. The SMILES string of the molecule is COc1ccc2cc1OCCn1nc(C)nc1[C@H](C(C)C)NC(=O)CN(C(=O)CN(c1cccc(F)c1)S(C)(=O)=O)CCCNC2=O. The smallest absolute Gasteiger partial charge is 0.251 e. The monoisotopic (exact) mass is 673 g/mol. The molecule has 2 N–H and O–H groups in total. The van der Waals surface area contributed by atoms with Crippen molar-refractivity contribution in [3.8, 4) is 11.5 Å². The van der Waals surface area contributed by atoms with Crippen molar-refractivity contribution in [3.05, 3.63) is 65.5 Å². The maximum Gasteiger partial charge on any atom is 0.251 e. The van der Waals surface area contributed by atoms with E-state index in [1.807, 2.05) is 13.8 Å². The van der Waals surface area contributed by atoms with Crippen LogP contribution in [-0.2, 0) is 26.2 Å². The number of sulfonamides is 1. The molecule has 0 unspecified atom stereocenters. The van der Waals surface area contributed by atoms with E-state index in [4.69, 9.17) is 9.47 Å². The van der Waals surface area contributed by atoms with Crippen molar-refractivity contribution in [2.24, 2.45) is 5.92 Å². The molecule has 254 valence electrons. The summed E-state index contributed by atoms with van der Waals surface area (Å²) in [6, 6.07) is 9.09. The number of hydrogen-bond donors (Lipinski definition) is 2. The van der Waals surface area contributed by atoms with Gasteiger partial charge in [0.1, 0.15) is 30.6 Å². The van der Waals surface area contributed by atoms with Crippen molar-refractivity contribution in [2.45, 2.75) is 39.8 Å². The number of nitrogens with zero attached hydrogens (tertiary/aromatic N) is 5. The van der Waals surface area contributed by atoms with Crippen molar-refractivity contribution in [3.63, 3.8) is 0 Å². The first kappa shape index (κ1) is 35.1. The number of fused-ring (bicyclic) bond motifs is 3. The van der Waals surface area contributed by atoms with Gasteiger partial charge < -0.3 is 25.0 Å². The number of nitrogens with one attached hydrogen (secondary N) is 2. The number of aromatic nitrogens is 3. The van der Waals surface area contributed by atoms with Gasteiger partial charge in [0.15, 0.2) is 11.5 Å². The second-order valence-corrected chi connectivity index (χ2v) is 13.3. The van der Waals surface area contributed by atoms with E-state index in [1.165, 1.54) is 24.1 Å². The van der Waals surface area contributed by atoms with Crippen LogP contribution in [-0.4, -0.2) is 92.0 Å². The number of carbonyl (C=O) groups is 3. The molecule has 1 atom stereocenters. The van der Waals surface area contributed by atoms with Gasteiger partial charge >= 0.3 is 0 Å². The third-order valence-electron chi connectivity index (χ3n) is 7.41. The first-order valence-electron chi connectivity index (χ1n) is 15.1. The Kier molecular flexibility index (Phi) is 11.4. The molecule has 0 fully saturated rings. The Morgan fingerprint density at radius 1 is 1.19 bits per heavy atom. The normalized spacial score (nSPS) is 16.7. The van der Waals surface area contributed by atoms with Crippen molar-refractivity contribution in [2.75, 3.05) is 50.5 Å². The predicted molar refractivity (Wildman–Crippen MR) is 171 cm³/mol. The second-order valence-electron chi connectivity index (χ2n) is 11.4. The Morgan fingerprint density at radius 2 is 1.96 bits per heavy atom. The molecule has 2 heterocycles. The summed E-state index contributed by atoms with van der Waals surface area (Å²) in [7, 11) is -2.51. The van der Waals surface area contributed by atoms with Crippen LogP contribution >= 0.6 is 0 Å². The van der Waals surface area contributed by atoms with Gasteiger partial charge in [0.25, 0.3) is 5.91 Å². The van der Waals surface area contributed by atoms with E-state index >= 15 is 0 Å². The molecule has 47 heavy (non-hydrogen) atoms. The number of carbonyl (C=O) groups excluding carboxylic acids is 3. The largest absolute Gasteiger partial charge is 0.493 e. The van der Waals surface area contributed by atoms with Gasteiger partial charge in [-0.2, -0.15) is 5.10 Å². The number of benzene rings is 2. The third kappa shape index (κ3) is 9.18. The van der Waals surface area contributed by atoms with Gasteiger partial charge in [0.2, 0.25) is 21.8 Å². The molecule has 3 aromatic rings. The number of rotatable bonds is 6. The van der Waals surface area contributed by atoms with Crippen molar-refractivity contribution >= 4 is 33.4 Å². The maximum atomic E-state index is 14.0. The topological polar surface area (TPSA) is 165 Å². The molecule has 0 spiro atoms. The van der Waals surface area contributed by atoms with E-state index < -0.39 is 52.7 Å².